The van der Waals surface area contributed by atoms with Crippen molar-refractivity contribution in [1.82, 2.24) is 4.31 Å². The third kappa shape index (κ3) is 3.27. The summed E-state index contributed by atoms with van der Waals surface area (Å²) < 4.78 is 28.4. The van der Waals surface area contributed by atoms with E-state index in [1.165, 1.54) is 27.8 Å². The van der Waals surface area contributed by atoms with Gasteiger partial charge in [-0.2, -0.15) is 4.31 Å². The molecule has 3 aromatic carbocycles. The van der Waals surface area contributed by atoms with Gasteiger partial charge in [-0.3, -0.25) is 0 Å². The van der Waals surface area contributed by atoms with E-state index in [1.807, 2.05) is 37.3 Å². The van der Waals surface area contributed by atoms with Crippen molar-refractivity contribution >= 4 is 21.2 Å². The molecule has 1 aliphatic heterocycles. The first-order valence-electron chi connectivity index (χ1n) is 10.5. The molecular weight excluding hydrogens is 402 g/mol. The van der Waals surface area contributed by atoms with E-state index in [0.717, 1.165) is 22.3 Å². The molecule has 2 aliphatic rings. The molecule has 3 nitrogen and oxygen atoms in total. The van der Waals surface area contributed by atoms with Crippen LogP contribution in [0.5, 0.6) is 0 Å². The minimum atomic E-state index is -3.57. The second-order valence-corrected chi connectivity index (χ2v) is 10.4. The van der Waals surface area contributed by atoms with Gasteiger partial charge in [-0.25, -0.2) is 8.42 Å². The lowest BCUT2D eigenvalue weighted by molar-refractivity contribution is 0.465. The van der Waals surface area contributed by atoms with Crippen LogP contribution in [0.25, 0.3) is 11.1 Å². The quantitative estimate of drug-likeness (QED) is 0.552. The van der Waals surface area contributed by atoms with Crippen molar-refractivity contribution in [3.05, 3.63) is 112 Å². The lowest BCUT2D eigenvalue weighted by Crippen LogP contribution is -2.35. The average molecular weight is 428 g/mol. The molecule has 0 aromatic heterocycles. The van der Waals surface area contributed by atoms with E-state index in [0.29, 0.717) is 18.0 Å². The Morgan fingerprint density at radius 2 is 1.55 bits per heavy atom. The number of nitrogens with zero attached hydrogens (tertiary/aromatic N) is 1. The summed E-state index contributed by atoms with van der Waals surface area (Å²) in [7, 11) is -3.57. The fourth-order valence-corrected chi connectivity index (χ4v) is 6.11. The third-order valence-corrected chi connectivity index (χ3v) is 8.03. The first kappa shape index (κ1) is 20.0. The monoisotopic (exact) mass is 427 g/mol. The molecule has 0 spiro atoms. The normalized spacial score (nSPS) is 16.2. The Balaban J connectivity index is 1.67. The SMILES string of the molecule is Cc1ccc(S(=O)(=O)N2CC=C3C(=C(c4ccccc4)c4c(C)cc(C)cc43)C2)cc1. The summed E-state index contributed by atoms with van der Waals surface area (Å²) in [5.74, 6) is 0. The molecule has 1 aliphatic carbocycles. The first-order chi connectivity index (χ1) is 14.9. The Morgan fingerprint density at radius 1 is 0.839 bits per heavy atom. The average Bonchev–Trinajstić information content (AvgIpc) is 3.08. The Labute approximate surface area is 184 Å². The summed E-state index contributed by atoms with van der Waals surface area (Å²) >= 11 is 0. The number of aryl methyl sites for hydroxylation is 3. The number of hydrogen-bond acceptors (Lipinski definition) is 2. The fourth-order valence-electron chi connectivity index (χ4n) is 4.76. The molecule has 5 rings (SSSR count). The van der Waals surface area contributed by atoms with E-state index in [9.17, 15) is 8.42 Å². The van der Waals surface area contributed by atoms with Crippen molar-refractivity contribution in [2.45, 2.75) is 25.7 Å². The number of rotatable bonds is 3. The Bertz CT molecular complexity index is 1350. The largest absolute Gasteiger partial charge is 0.243 e. The maximum Gasteiger partial charge on any atom is 0.243 e. The van der Waals surface area contributed by atoms with Gasteiger partial charge in [-0.05, 0) is 71.9 Å². The summed E-state index contributed by atoms with van der Waals surface area (Å²) in [6.07, 6.45) is 2.08. The second-order valence-electron chi connectivity index (χ2n) is 8.45. The smallest absolute Gasteiger partial charge is 0.207 e. The molecular formula is C27H25NO2S. The summed E-state index contributed by atoms with van der Waals surface area (Å²) in [6, 6.07) is 21.9. The van der Waals surface area contributed by atoms with E-state index in [1.54, 1.807) is 16.4 Å². The van der Waals surface area contributed by atoms with Crippen LogP contribution in [0, 0.1) is 20.8 Å². The van der Waals surface area contributed by atoms with Crippen molar-refractivity contribution in [3.63, 3.8) is 0 Å². The molecule has 3 aromatic rings. The first-order valence-corrected chi connectivity index (χ1v) is 12.0. The van der Waals surface area contributed by atoms with Gasteiger partial charge in [0.15, 0.2) is 0 Å². The summed E-state index contributed by atoms with van der Waals surface area (Å²) in [4.78, 5) is 0.347. The highest BCUT2D eigenvalue weighted by atomic mass is 32.2. The molecule has 0 radical (unpaired) electrons. The lowest BCUT2D eigenvalue weighted by atomic mass is 9.93. The lowest BCUT2D eigenvalue weighted by Gasteiger charge is -2.27. The zero-order valence-corrected chi connectivity index (χ0v) is 18.8. The van der Waals surface area contributed by atoms with Crippen molar-refractivity contribution in [3.8, 4) is 0 Å². The topological polar surface area (TPSA) is 37.4 Å². The highest BCUT2D eigenvalue weighted by Crippen LogP contribution is 2.48. The molecule has 0 N–H and O–H groups in total. The fraction of sp³-hybridized carbons (Fsp3) is 0.185. The highest BCUT2D eigenvalue weighted by Gasteiger charge is 2.35. The zero-order valence-electron chi connectivity index (χ0n) is 18.0. The molecule has 1 heterocycles. The molecule has 0 saturated carbocycles. The predicted octanol–water partition coefficient (Wildman–Crippen LogP) is 5.52. The van der Waals surface area contributed by atoms with Gasteiger partial charge in [0.1, 0.15) is 0 Å². The van der Waals surface area contributed by atoms with Gasteiger partial charge in [0.05, 0.1) is 4.90 Å². The van der Waals surface area contributed by atoms with E-state index in [2.05, 4.69) is 44.2 Å². The standard InChI is InChI=1S/C27H25NO2S/c1-18-9-11-22(12-10-18)31(29,30)28-14-13-23-24-16-19(2)15-20(3)26(24)27(25(23)17-28)21-7-5-4-6-8-21/h4-13,15-16H,14,17H2,1-3H3. The summed E-state index contributed by atoms with van der Waals surface area (Å²) in [6.45, 7) is 6.98. The molecule has 0 saturated heterocycles. The van der Waals surface area contributed by atoms with Crippen LogP contribution in [-0.4, -0.2) is 25.8 Å². The molecule has 0 amide bonds. The third-order valence-electron chi connectivity index (χ3n) is 6.20. The maximum absolute atomic E-state index is 13.4. The maximum atomic E-state index is 13.4. The molecule has 4 heteroatoms. The van der Waals surface area contributed by atoms with Crippen LogP contribution >= 0.6 is 0 Å². The van der Waals surface area contributed by atoms with E-state index < -0.39 is 10.0 Å². The van der Waals surface area contributed by atoms with Crippen LogP contribution in [0.1, 0.15) is 33.4 Å². The van der Waals surface area contributed by atoms with Gasteiger partial charge in [0.2, 0.25) is 10.0 Å². The number of benzene rings is 3. The van der Waals surface area contributed by atoms with E-state index in [-0.39, 0.29) is 0 Å². The van der Waals surface area contributed by atoms with Crippen LogP contribution in [0.4, 0.5) is 0 Å². The minimum absolute atomic E-state index is 0.347. The Hall–Kier alpha value is -2.95. The summed E-state index contributed by atoms with van der Waals surface area (Å²) in [5, 5.41) is 0. The van der Waals surface area contributed by atoms with Crippen LogP contribution < -0.4 is 0 Å². The number of hydrogen-bond donors (Lipinski definition) is 0. The summed E-state index contributed by atoms with van der Waals surface area (Å²) in [5.41, 5.74) is 10.5. The van der Waals surface area contributed by atoms with E-state index in [4.69, 9.17) is 0 Å². The van der Waals surface area contributed by atoms with Crippen molar-refractivity contribution < 1.29 is 8.42 Å². The molecule has 0 fully saturated rings. The van der Waals surface area contributed by atoms with Gasteiger partial charge < -0.3 is 0 Å². The minimum Gasteiger partial charge on any atom is -0.207 e. The predicted molar refractivity (Wildman–Crippen MR) is 126 cm³/mol. The van der Waals surface area contributed by atoms with Crippen LogP contribution in [0.15, 0.2) is 83.3 Å². The van der Waals surface area contributed by atoms with Crippen molar-refractivity contribution in [1.29, 1.82) is 0 Å². The van der Waals surface area contributed by atoms with Gasteiger partial charge in [0, 0.05) is 13.1 Å². The van der Waals surface area contributed by atoms with Crippen LogP contribution in [-0.2, 0) is 10.0 Å². The molecule has 0 atom stereocenters. The van der Waals surface area contributed by atoms with Gasteiger partial charge in [-0.1, -0.05) is 71.8 Å². The molecule has 0 unspecified atom stereocenters. The number of fused-ring (bicyclic) bond motifs is 3. The zero-order chi connectivity index (χ0) is 21.8. The van der Waals surface area contributed by atoms with Gasteiger partial charge >= 0.3 is 0 Å². The molecule has 0 bridgehead atoms. The Morgan fingerprint density at radius 3 is 2.26 bits per heavy atom. The van der Waals surface area contributed by atoms with Crippen LogP contribution in [0.2, 0.25) is 0 Å². The second kappa shape index (κ2) is 7.33. The number of sulfonamides is 1. The highest BCUT2D eigenvalue weighted by molar-refractivity contribution is 7.89. The molecule has 31 heavy (non-hydrogen) atoms. The van der Waals surface area contributed by atoms with Crippen molar-refractivity contribution in [2.75, 3.05) is 13.1 Å². The van der Waals surface area contributed by atoms with Crippen molar-refractivity contribution in [2.24, 2.45) is 0 Å². The van der Waals surface area contributed by atoms with Gasteiger partial charge in [0.25, 0.3) is 0 Å². The van der Waals surface area contributed by atoms with E-state index >= 15 is 0 Å². The van der Waals surface area contributed by atoms with Gasteiger partial charge in [-0.15, -0.1) is 0 Å². The molecule has 156 valence electrons. The Kier molecular flexibility index (Phi) is 4.72. The van der Waals surface area contributed by atoms with Crippen LogP contribution in [0.3, 0.4) is 0 Å².